The monoisotopic (exact) mass is 237 g/mol. The van der Waals surface area contributed by atoms with E-state index in [1.165, 1.54) is 7.11 Å². The van der Waals surface area contributed by atoms with Gasteiger partial charge in [0.15, 0.2) is 0 Å². The van der Waals surface area contributed by atoms with Crippen LogP contribution in [0.15, 0.2) is 24.3 Å². The van der Waals surface area contributed by atoms with Crippen molar-refractivity contribution in [1.82, 2.24) is 0 Å². The predicted molar refractivity (Wildman–Crippen MR) is 65.9 cm³/mol. The Labute approximate surface area is 102 Å². The van der Waals surface area contributed by atoms with Crippen molar-refractivity contribution in [1.29, 1.82) is 0 Å². The van der Waals surface area contributed by atoms with Crippen LogP contribution in [-0.4, -0.2) is 25.2 Å². The highest BCUT2D eigenvalue weighted by Gasteiger charge is 2.16. The van der Waals surface area contributed by atoms with E-state index in [9.17, 15) is 4.79 Å². The molecular formula is C13H19NO3. The van der Waals surface area contributed by atoms with Crippen molar-refractivity contribution in [2.75, 3.05) is 7.11 Å². The van der Waals surface area contributed by atoms with Crippen molar-refractivity contribution in [3.63, 3.8) is 0 Å². The second-order valence-corrected chi connectivity index (χ2v) is 4.11. The minimum Gasteiger partial charge on any atom is -0.491 e. The van der Waals surface area contributed by atoms with Gasteiger partial charge in [-0.25, -0.2) is 0 Å². The van der Waals surface area contributed by atoms with Gasteiger partial charge >= 0.3 is 5.97 Å². The summed E-state index contributed by atoms with van der Waals surface area (Å²) in [6, 6.07) is 6.91. The first-order chi connectivity index (χ1) is 8.04. The molecule has 0 bridgehead atoms. The molecule has 94 valence electrons. The largest absolute Gasteiger partial charge is 0.491 e. The first kappa shape index (κ1) is 13.5. The fraction of sp³-hybridized carbons (Fsp3) is 0.462. The van der Waals surface area contributed by atoms with Crippen molar-refractivity contribution in [3.8, 4) is 5.75 Å². The average Bonchev–Trinajstić information content (AvgIpc) is 2.29. The Hall–Kier alpha value is -1.55. The topological polar surface area (TPSA) is 61.5 Å². The predicted octanol–water partition coefficient (Wildman–Crippen LogP) is 1.52. The summed E-state index contributed by atoms with van der Waals surface area (Å²) >= 11 is 0. The molecule has 0 aliphatic carbocycles. The van der Waals surface area contributed by atoms with E-state index in [1.54, 1.807) is 0 Å². The highest BCUT2D eigenvalue weighted by molar-refractivity contribution is 5.75. The van der Waals surface area contributed by atoms with Gasteiger partial charge < -0.3 is 15.2 Å². The Morgan fingerprint density at radius 3 is 2.59 bits per heavy atom. The van der Waals surface area contributed by atoms with Gasteiger partial charge in [0.2, 0.25) is 0 Å². The van der Waals surface area contributed by atoms with E-state index in [2.05, 4.69) is 4.74 Å². The molecule has 0 radical (unpaired) electrons. The molecule has 0 spiro atoms. The van der Waals surface area contributed by atoms with Crippen molar-refractivity contribution >= 4 is 5.97 Å². The van der Waals surface area contributed by atoms with E-state index in [4.69, 9.17) is 10.5 Å². The first-order valence-electron chi connectivity index (χ1n) is 5.62. The molecule has 0 saturated carbocycles. The molecule has 1 aromatic rings. The van der Waals surface area contributed by atoms with Gasteiger partial charge in [0.1, 0.15) is 11.8 Å². The number of methoxy groups -OCH3 is 1. The van der Waals surface area contributed by atoms with E-state index in [1.807, 2.05) is 38.1 Å². The summed E-state index contributed by atoms with van der Waals surface area (Å²) < 4.78 is 10.3. The Bertz CT molecular complexity index is 377. The first-order valence-corrected chi connectivity index (χ1v) is 5.62. The van der Waals surface area contributed by atoms with Crippen LogP contribution in [0.3, 0.4) is 0 Å². The highest BCUT2D eigenvalue weighted by atomic mass is 16.5. The van der Waals surface area contributed by atoms with Crippen LogP contribution in [0.25, 0.3) is 0 Å². The van der Waals surface area contributed by atoms with Crippen LogP contribution in [0.4, 0.5) is 0 Å². The Balaban J connectivity index is 2.79. The lowest BCUT2D eigenvalue weighted by molar-refractivity contribution is -0.142. The molecule has 0 aromatic heterocycles. The van der Waals surface area contributed by atoms with Crippen molar-refractivity contribution in [2.24, 2.45) is 5.73 Å². The highest BCUT2D eigenvalue weighted by Crippen LogP contribution is 2.20. The van der Waals surface area contributed by atoms with Crippen molar-refractivity contribution in [2.45, 2.75) is 32.4 Å². The van der Waals surface area contributed by atoms with Crippen LogP contribution in [0.1, 0.15) is 19.4 Å². The average molecular weight is 237 g/mol. The van der Waals surface area contributed by atoms with Crippen molar-refractivity contribution < 1.29 is 14.3 Å². The maximum Gasteiger partial charge on any atom is 0.322 e. The lowest BCUT2D eigenvalue weighted by atomic mass is 10.1. The molecule has 4 nitrogen and oxygen atoms in total. The van der Waals surface area contributed by atoms with Gasteiger partial charge in [-0.05, 0) is 25.5 Å². The van der Waals surface area contributed by atoms with Crippen LogP contribution in [0, 0.1) is 0 Å². The molecular weight excluding hydrogens is 218 g/mol. The molecule has 0 amide bonds. The Kier molecular flexibility index (Phi) is 4.97. The molecule has 1 unspecified atom stereocenters. The number of ether oxygens (including phenoxy) is 2. The molecule has 0 heterocycles. The second-order valence-electron chi connectivity index (χ2n) is 4.11. The third kappa shape index (κ3) is 4.07. The van der Waals surface area contributed by atoms with Crippen LogP contribution in [0.2, 0.25) is 0 Å². The van der Waals surface area contributed by atoms with E-state index >= 15 is 0 Å². The standard InChI is InChI=1S/C13H19NO3/c1-9(2)17-12-7-5-4-6-10(12)8-11(14)13(15)16-3/h4-7,9,11H,8,14H2,1-3H3. The van der Waals surface area contributed by atoms with Crippen LogP contribution in [0.5, 0.6) is 5.75 Å². The van der Waals surface area contributed by atoms with Gasteiger partial charge in [0.05, 0.1) is 13.2 Å². The number of rotatable bonds is 5. The number of nitrogens with two attached hydrogens (primary N) is 1. The van der Waals surface area contributed by atoms with Crippen molar-refractivity contribution in [3.05, 3.63) is 29.8 Å². The summed E-state index contributed by atoms with van der Waals surface area (Å²) in [4.78, 5) is 11.3. The molecule has 4 heteroatoms. The summed E-state index contributed by atoms with van der Waals surface area (Å²) in [7, 11) is 1.33. The number of carbonyl (C=O) groups excluding carboxylic acids is 1. The molecule has 2 N–H and O–H groups in total. The van der Waals surface area contributed by atoms with Gasteiger partial charge in [-0.2, -0.15) is 0 Å². The van der Waals surface area contributed by atoms with Gasteiger partial charge in [-0.3, -0.25) is 4.79 Å². The lowest BCUT2D eigenvalue weighted by Crippen LogP contribution is -2.33. The van der Waals surface area contributed by atoms with E-state index in [-0.39, 0.29) is 6.10 Å². The second kappa shape index (κ2) is 6.25. The zero-order valence-corrected chi connectivity index (χ0v) is 10.5. The van der Waals surface area contributed by atoms with Gasteiger partial charge in [-0.1, -0.05) is 18.2 Å². The van der Waals surface area contributed by atoms with Gasteiger partial charge in [0.25, 0.3) is 0 Å². The van der Waals surface area contributed by atoms with Crippen LogP contribution >= 0.6 is 0 Å². The number of esters is 1. The molecule has 1 aromatic carbocycles. The summed E-state index contributed by atoms with van der Waals surface area (Å²) in [5, 5.41) is 0. The minimum atomic E-state index is -0.656. The molecule has 17 heavy (non-hydrogen) atoms. The third-order valence-electron chi connectivity index (χ3n) is 2.28. The molecule has 1 rings (SSSR count). The third-order valence-corrected chi connectivity index (χ3v) is 2.28. The fourth-order valence-electron chi connectivity index (χ4n) is 1.51. The zero-order valence-electron chi connectivity index (χ0n) is 10.5. The number of hydrogen-bond acceptors (Lipinski definition) is 4. The quantitative estimate of drug-likeness (QED) is 0.789. The number of para-hydroxylation sites is 1. The number of benzene rings is 1. The van der Waals surface area contributed by atoms with E-state index in [0.717, 1.165) is 11.3 Å². The fourth-order valence-corrected chi connectivity index (χ4v) is 1.51. The lowest BCUT2D eigenvalue weighted by Gasteiger charge is -2.16. The maximum absolute atomic E-state index is 11.3. The minimum absolute atomic E-state index is 0.0884. The zero-order chi connectivity index (χ0) is 12.8. The van der Waals surface area contributed by atoms with Gasteiger partial charge in [0, 0.05) is 6.42 Å². The normalized spacial score (nSPS) is 12.3. The molecule has 0 aliphatic heterocycles. The molecule has 0 fully saturated rings. The van der Waals surface area contributed by atoms with Crippen LogP contribution in [-0.2, 0) is 16.0 Å². The Morgan fingerprint density at radius 1 is 1.35 bits per heavy atom. The van der Waals surface area contributed by atoms with E-state index in [0.29, 0.717) is 6.42 Å². The summed E-state index contributed by atoms with van der Waals surface area (Å²) in [5.41, 5.74) is 6.65. The Morgan fingerprint density at radius 2 is 2.00 bits per heavy atom. The maximum atomic E-state index is 11.3. The van der Waals surface area contributed by atoms with Crippen LogP contribution < -0.4 is 10.5 Å². The molecule has 0 saturated heterocycles. The van der Waals surface area contributed by atoms with Gasteiger partial charge in [-0.15, -0.1) is 0 Å². The smallest absolute Gasteiger partial charge is 0.322 e. The SMILES string of the molecule is COC(=O)C(N)Cc1ccccc1OC(C)C. The summed E-state index contributed by atoms with van der Waals surface area (Å²) in [6.07, 6.45) is 0.501. The summed E-state index contributed by atoms with van der Waals surface area (Å²) in [6.45, 7) is 3.91. The van der Waals surface area contributed by atoms with E-state index < -0.39 is 12.0 Å². The number of carbonyl (C=O) groups is 1. The molecule has 1 atom stereocenters. The number of hydrogen-bond donors (Lipinski definition) is 1. The molecule has 0 aliphatic rings. The summed E-state index contributed by atoms with van der Waals surface area (Å²) in [5.74, 6) is 0.353.